The zero-order valence-electron chi connectivity index (χ0n) is 9.74. The number of hydrogen-bond acceptors (Lipinski definition) is 3. The molecule has 1 saturated heterocycles. The number of aliphatic hydroxyl groups is 1. The van der Waals surface area contributed by atoms with Crippen LogP contribution in [0.1, 0.15) is 32.1 Å². The van der Waals surface area contributed by atoms with Crippen molar-refractivity contribution in [3.8, 4) is 0 Å². The lowest BCUT2D eigenvalue weighted by Crippen LogP contribution is -2.54. The maximum Gasteiger partial charge on any atom is 0.235 e. The summed E-state index contributed by atoms with van der Waals surface area (Å²) in [5.41, 5.74) is -0.0332. The molecule has 94 valence electrons. The quantitative estimate of drug-likeness (QED) is 0.582. The van der Waals surface area contributed by atoms with Crippen molar-refractivity contribution in [1.82, 2.24) is 10.6 Å². The standard InChI is InChI=1S/C12H18N2O3/c15-8-3-6-13-10(16)9(8)11(17)14-12(4-5-12)7-1-2-7/h7-9,15H,1-6H2,(H,13,16)(H,14,17). The second kappa shape index (κ2) is 3.70. The van der Waals surface area contributed by atoms with Crippen LogP contribution in [0.15, 0.2) is 0 Å². The van der Waals surface area contributed by atoms with E-state index >= 15 is 0 Å². The van der Waals surface area contributed by atoms with Crippen LogP contribution in [0.3, 0.4) is 0 Å². The first-order valence-corrected chi connectivity index (χ1v) is 6.40. The zero-order chi connectivity index (χ0) is 12.0. The highest BCUT2D eigenvalue weighted by Crippen LogP contribution is 2.53. The van der Waals surface area contributed by atoms with Gasteiger partial charge in [-0.15, -0.1) is 0 Å². The Morgan fingerprint density at radius 2 is 2.06 bits per heavy atom. The summed E-state index contributed by atoms with van der Waals surface area (Å²) < 4.78 is 0. The third-order valence-corrected chi connectivity index (χ3v) is 4.21. The SMILES string of the molecule is O=C1NCCC(O)C1C(=O)NC1(C2CC2)CC1. The average molecular weight is 238 g/mol. The van der Waals surface area contributed by atoms with E-state index in [0.29, 0.717) is 18.9 Å². The lowest BCUT2D eigenvalue weighted by molar-refractivity contribution is -0.143. The number of carbonyl (C=O) groups excluding carboxylic acids is 2. The molecule has 2 unspecified atom stereocenters. The minimum atomic E-state index is -0.917. The lowest BCUT2D eigenvalue weighted by atomic mass is 9.93. The molecule has 0 bridgehead atoms. The molecule has 2 saturated carbocycles. The van der Waals surface area contributed by atoms with Crippen molar-refractivity contribution < 1.29 is 14.7 Å². The Balaban J connectivity index is 1.66. The zero-order valence-corrected chi connectivity index (χ0v) is 9.74. The van der Waals surface area contributed by atoms with E-state index in [4.69, 9.17) is 0 Å². The number of hydrogen-bond donors (Lipinski definition) is 3. The molecule has 2 aliphatic carbocycles. The van der Waals surface area contributed by atoms with Gasteiger partial charge in [0, 0.05) is 12.1 Å². The van der Waals surface area contributed by atoms with Crippen LogP contribution in [0.4, 0.5) is 0 Å². The summed E-state index contributed by atoms with van der Waals surface area (Å²) >= 11 is 0. The maximum atomic E-state index is 12.1. The highest BCUT2D eigenvalue weighted by atomic mass is 16.3. The van der Waals surface area contributed by atoms with E-state index in [1.54, 1.807) is 0 Å². The Morgan fingerprint density at radius 3 is 2.59 bits per heavy atom. The fraction of sp³-hybridized carbons (Fsp3) is 0.833. The van der Waals surface area contributed by atoms with E-state index in [1.807, 2.05) is 0 Å². The molecule has 1 heterocycles. The van der Waals surface area contributed by atoms with Gasteiger partial charge in [0.2, 0.25) is 11.8 Å². The predicted molar refractivity (Wildman–Crippen MR) is 60.0 cm³/mol. The number of nitrogens with one attached hydrogen (secondary N) is 2. The number of carbonyl (C=O) groups is 2. The average Bonchev–Trinajstić information content (AvgIpc) is 3.12. The molecular formula is C12H18N2O3. The molecule has 1 aliphatic heterocycles. The first-order valence-electron chi connectivity index (χ1n) is 6.40. The van der Waals surface area contributed by atoms with Gasteiger partial charge in [-0.2, -0.15) is 0 Å². The van der Waals surface area contributed by atoms with E-state index in [1.165, 1.54) is 12.8 Å². The molecule has 5 heteroatoms. The van der Waals surface area contributed by atoms with Crippen molar-refractivity contribution in [3.05, 3.63) is 0 Å². The van der Waals surface area contributed by atoms with Crippen molar-refractivity contribution >= 4 is 11.8 Å². The topological polar surface area (TPSA) is 78.4 Å². The third-order valence-electron chi connectivity index (χ3n) is 4.21. The molecule has 3 rings (SSSR count). The molecule has 3 N–H and O–H groups in total. The van der Waals surface area contributed by atoms with Gasteiger partial charge in [0.15, 0.2) is 0 Å². The van der Waals surface area contributed by atoms with Crippen LogP contribution < -0.4 is 10.6 Å². The van der Waals surface area contributed by atoms with Crippen LogP contribution in [0, 0.1) is 11.8 Å². The summed E-state index contributed by atoms with van der Waals surface area (Å²) in [6.45, 7) is 0.456. The normalized spacial score (nSPS) is 35.0. The molecule has 0 aromatic rings. The Hall–Kier alpha value is -1.10. The van der Waals surface area contributed by atoms with E-state index in [9.17, 15) is 14.7 Å². The van der Waals surface area contributed by atoms with Crippen LogP contribution in [0.5, 0.6) is 0 Å². The van der Waals surface area contributed by atoms with E-state index < -0.39 is 12.0 Å². The van der Waals surface area contributed by atoms with Gasteiger partial charge in [0.05, 0.1) is 6.10 Å². The third kappa shape index (κ3) is 1.92. The summed E-state index contributed by atoms with van der Waals surface area (Å²) in [5, 5.41) is 15.4. The molecule has 2 atom stereocenters. The number of piperidine rings is 1. The molecule has 17 heavy (non-hydrogen) atoms. The van der Waals surface area contributed by atoms with Gasteiger partial charge in [-0.25, -0.2) is 0 Å². The van der Waals surface area contributed by atoms with Gasteiger partial charge < -0.3 is 15.7 Å². The molecule has 0 aromatic heterocycles. The minimum Gasteiger partial charge on any atom is -0.392 e. The molecule has 3 aliphatic rings. The van der Waals surface area contributed by atoms with E-state index in [2.05, 4.69) is 10.6 Å². The van der Waals surface area contributed by atoms with Crippen molar-refractivity contribution in [2.75, 3.05) is 6.54 Å². The summed E-state index contributed by atoms with van der Waals surface area (Å²) in [6.07, 6.45) is 4.03. The van der Waals surface area contributed by atoms with Crippen LogP contribution in [0.2, 0.25) is 0 Å². The second-order valence-electron chi connectivity index (χ2n) is 5.54. The summed E-state index contributed by atoms with van der Waals surface area (Å²) in [7, 11) is 0. The van der Waals surface area contributed by atoms with E-state index in [-0.39, 0.29) is 17.4 Å². The summed E-state index contributed by atoms with van der Waals surface area (Å²) in [4.78, 5) is 23.7. The van der Waals surface area contributed by atoms with Gasteiger partial charge >= 0.3 is 0 Å². The van der Waals surface area contributed by atoms with E-state index in [0.717, 1.165) is 12.8 Å². The minimum absolute atomic E-state index is 0.0332. The molecule has 5 nitrogen and oxygen atoms in total. The fourth-order valence-corrected chi connectivity index (χ4v) is 2.82. The van der Waals surface area contributed by atoms with Crippen molar-refractivity contribution in [1.29, 1.82) is 0 Å². The van der Waals surface area contributed by atoms with Crippen molar-refractivity contribution in [2.24, 2.45) is 11.8 Å². The Kier molecular flexibility index (Phi) is 2.40. The lowest BCUT2D eigenvalue weighted by Gasteiger charge is -2.28. The molecular weight excluding hydrogens is 220 g/mol. The highest BCUT2D eigenvalue weighted by molar-refractivity contribution is 6.01. The molecule has 3 fully saturated rings. The van der Waals surface area contributed by atoms with Gasteiger partial charge in [0.25, 0.3) is 0 Å². The van der Waals surface area contributed by atoms with Crippen molar-refractivity contribution in [2.45, 2.75) is 43.7 Å². The fourth-order valence-electron chi connectivity index (χ4n) is 2.82. The first kappa shape index (κ1) is 11.0. The summed E-state index contributed by atoms with van der Waals surface area (Å²) in [5.74, 6) is -0.942. The van der Waals surface area contributed by atoms with Gasteiger partial charge in [0.1, 0.15) is 5.92 Å². The van der Waals surface area contributed by atoms with Crippen LogP contribution in [-0.4, -0.2) is 35.1 Å². The van der Waals surface area contributed by atoms with Crippen molar-refractivity contribution in [3.63, 3.8) is 0 Å². The highest BCUT2D eigenvalue weighted by Gasteiger charge is 2.55. The maximum absolute atomic E-state index is 12.1. The van der Waals surface area contributed by atoms with Crippen LogP contribution in [0.25, 0.3) is 0 Å². The Labute approximate surface area is 100.0 Å². The number of aliphatic hydroxyl groups excluding tert-OH is 1. The van der Waals surface area contributed by atoms with Crippen LogP contribution in [-0.2, 0) is 9.59 Å². The molecule has 0 spiro atoms. The molecule has 0 aromatic carbocycles. The van der Waals surface area contributed by atoms with Gasteiger partial charge in [-0.1, -0.05) is 0 Å². The largest absolute Gasteiger partial charge is 0.392 e. The van der Waals surface area contributed by atoms with Crippen LogP contribution >= 0.6 is 0 Å². The molecule has 2 amide bonds. The monoisotopic (exact) mass is 238 g/mol. The number of amides is 2. The second-order valence-corrected chi connectivity index (χ2v) is 5.54. The summed E-state index contributed by atoms with van der Waals surface area (Å²) in [6, 6.07) is 0. The first-order chi connectivity index (χ1) is 8.12. The molecule has 0 radical (unpaired) electrons. The Morgan fingerprint density at radius 1 is 1.35 bits per heavy atom. The van der Waals surface area contributed by atoms with Gasteiger partial charge in [-0.05, 0) is 38.0 Å². The number of rotatable bonds is 3. The predicted octanol–water partition coefficient (Wildman–Crippen LogP) is -0.458. The van der Waals surface area contributed by atoms with Gasteiger partial charge in [-0.3, -0.25) is 9.59 Å². The smallest absolute Gasteiger partial charge is 0.235 e. The Bertz CT molecular complexity index is 361.